The number of benzene rings is 1. The van der Waals surface area contributed by atoms with E-state index in [9.17, 15) is 9.90 Å². The number of β-amino-alcohol motifs (C(OH)–C–C–N with tert-alkyl or cyclic N) is 1. The van der Waals surface area contributed by atoms with Crippen LogP contribution in [0.2, 0.25) is 5.02 Å². The summed E-state index contributed by atoms with van der Waals surface area (Å²) in [5.41, 5.74) is 0.294. The number of hydrogen-bond acceptors (Lipinski definition) is 3. The van der Waals surface area contributed by atoms with Crippen molar-refractivity contribution in [2.75, 3.05) is 11.4 Å². The van der Waals surface area contributed by atoms with Gasteiger partial charge in [0.25, 0.3) is 0 Å². The fourth-order valence-electron chi connectivity index (χ4n) is 2.85. The molecule has 1 aliphatic heterocycles. The number of halogens is 1. The van der Waals surface area contributed by atoms with Gasteiger partial charge in [-0.15, -0.1) is 0 Å². The highest BCUT2D eigenvalue weighted by atomic mass is 35.5. The molecule has 2 rings (SSSR count). The van der Waals surface area contributed by atoms with Gasteiger partial charge < -0.3 is 10.0 Å². The van der Waals surface area contributed by atoms with Gasteiger partial charge in [-0.3, -0.25) is 4.79 Å². The van der Waals surface area contributed by atoms with Crippen LogP contribution in [0.15, 0.2) is 18.2 Å². The maximum absolute atomic E-state index is 12.6. The Labute approximate surface area is 123 Å². The molecule has 1 aromatic carbocycles. The summed E-state index contributed by atoms with van der Waals surface area (Å²) in [6, 6.07) is 6.87. The van der Waals surface area contributed by atoms with Gasteiger partial charge in [-0.05, 0) is 31.0 Å². The summed E-state index contributed by atoms with van der Waals surface area (Å²) in [5.74, 6) is -0.0734. The molecule has 0 spiro atoms. The van der Waals surface area contributed by atoms with Crippen molar-refractivity contribution in [1.29, 1.82) is 5.26 Å². The predicted molar refractivity (Wildman–Crippen MR) is 77.5 cm³/mol. The number of carbonyl (C=O) groups excluding carboxylic acids is 1. The summed E-state index contributed by atoms with van der Waals surface area (Å²) in [6.07, 6.45) is 0.521. The SMILES string of the molecule is CCC1(CC)C(=O)N(c2ccc(C#N)c(Cl)c2)C[C@H]1O. The summed E-state index contributed by atoms with van der Waals surface area (Å²) < 4.78 is 0. The molecule has 1 heterocycles. The molecule has 106 valence electrons. The Bertz CT molecular complexity index is 576. The average molecular weight is 293 g/mol. The van der Waals surface area contributed by atoms with E-state index in [1.54, 1.807) is 23.1 Å². The molecule has 1 amide bonds. The second kappa shape index (κ2) is 5.43. The molecule has 0 aliphatic carbocycles. The predicted octanol–water partition coefficient (Wildman–Crippen LogP) is 2.73. The zero-order valence-electron chi connectivity index (χ0n) is 11.6. The van der Waals surface area contributed by atoms with E-state index in [0.717, 1.165) is 0 Å². The molecule has 0 bridgehead atoms. The van der Waals surface area contributed by atoms with E-state index in [0.29, 0.717) is 29.1 Å². The lowest BCUT2D eigenvalue weighted by molar-refractivity contribution is -0.129. The molecule has 0 aromatic heterocycles. The standard InChI is InChI=1S/C15H17ClN2O2/c1-3-15(4-2)13(19)9-18(14(15)20)11-6-5-10(8-17)12(16)7-11/h5-7,13,19H,3-4,9H2,1-2H3/t13-/m1/s1. The minimum atomic E-state index is -0.708. The zero-order chi connectivity index (χ0) is 14.9. The molecule has 0 saturated carbocycles. The third-order valence-corrected chi connectivity index (χ3v) is 4.62. The number of anilines is 1. The first-order chi connectivity index (χ1) is 9.50. The van der Waals surface area contributed by atoms with Gasteiger partial charge in [0.1, 0.15) is 6.07 Å². The van der Waals surface area contributed by atoms with Gasteiger partial charge in [-0.25, -0.2) is 0 Å². The second-order valence-electron chi connectivity index (χ2n) is 5.07. The van der Waals surface area contributed by atoms with Crippen molar-refractivity contribution < 1.29 is 9.90 Å². The first kappa shape index (κ1) is 14.8. The van der Waals surface area contributed by atoms with Crippen molar-refractivity contribution in [3.8, 4) is 6.07 Å². The molecule has 1 aliphatic rings. The highest BCUT2D eigenvalue weighted by Crippen LogP contribution is 2.41. The summed E-state index contributed by atoms with van der Waals surface area (Å²) in [6.45, 7) is 4.10. The average Bonchev–Trinajstić information content (AvgIpc) is 2.70. The Morgan fingerprint density at radius 1 is 1.50 bits per heavy atom. The van der Waals surface area contributed by atoms with Crippen molar-refractivity contribution in [2.45, 2.75) is 32.8 Å². The fourth-order valence-corrected chi connectivity index (χ4v) is 3.07. The quantitative estimate of drug-likeness (QED) is 0.931. The molecular weight excluding hydrogens is 276 g/mol. The highest BCUT2D eigenvalue weighted by molar-refractivity contribution is 6.32. The van der Waals surface area contributed by atoms with Crippen LogP contribution in [0.4, 0.5) is 5.69 Å². The number of amides is 1. The molecule has 5 heteroatoms. The largest absolute Gasteiger partial charge is 0.390 e. The maximum atomic E-state index is 12.6. The van der Waals surface area contributed by atoms with E-state index < -0.39 is 11.5 Å². The molecular formula is C15H17ClN2O2. The number of nitriles is 1. The smallest absolute Gasteiger partial charge is 0.235 e. The molecule has 0 radical (unpaired) electrons. The Kier molecular flexibility index (Phi) is 4.03. The first-order valence-corrected chi connectivity index (χ1v) is 7.07. The maximum Gasteiger partial charge on any atom is 0.235 e. The Hall–Kier alpha value is -1.57. The minimum absolute atomic E-state index is 0.0734. The van der Waals surface area contributed by atoms with E-state index in [1.165, 1.54) is 0 Å². The van der Waals surface area contributed by atoms with Gasteiger partial charge in [0.05, 0.1) is 28.6 Å². The zero-order valence-corrected chi connectivity index (χ0v) is 12.3. The Morgan fingerprint density at radius 3 is 2.60 bits per heavy atom. The number of hydrogen-bond donors (Lipinski definition) is 1. The van der Waals surface area contributed by atoms with E-state index in [4.69, 9.17) is 16.9 Å². The molecule has 4 nitrogen and oxygen atoms in total. The van der Waals surface area contributed by atoms with Crippen molar-refractivity contribution in [2.24, 2.45) is 5.41 Å². The molecule has 1 saturated heterocycles. The van der Waals surface area contributed by atoms with Crippen LogP contribution in [-0.4, -0.2) is 23.7 Å². The number of aliphatic hydroxyl groups excluding tert-OH is 1. The van der Waals surface area contributed by atoms with Gasteiger partial charge in [-0.2, -0.15) is 5.26 Å². The van der Waals surface area contributed by atoms with Gasteiger partial charge >= 0.3 is 0 Å². The van der Waals surface area contributed by atoms with Crippen molar-refractivity contribution in [3.63, 3.8) is 0 Å². The number of aliphatic hydroxyl groups is 1. The third kappa shape index (κ3) is 2.07. The van der Waals surface area contributed by atoms with Gasteiger partial charge in [-0.1, -0.05) is 25.4 Å². The molecule has 1 atom stereocenters. The number of nitrogens with zero attached hydrogens (tertiary/aromatic N) is 2. The lowest BCUT2D eigenvalue weighted by Gasteiger charge is -2.27. The van der Waals surface area contributed by atoms with E-state index in [1.807, 2.05) is 19.9 Å². The van der Waals surface area contributed by atoms with E-state index in [-0.39, 0.29) is 12.5 Å². The summed E-state index contributed by atoms with van der Waals surface area (Å²) in [4.78, 5) is 14.2. The second-order valence-corrected chi connectivity index (χ2v) is 5.48. The lowest BCUT2D eigenvalue weighted by atomic mass is 9.79. The topological polar surface area (TPSA) is 64.3 Å². The van der Waals surface area contributed by atoms with Gasteiger partial charge in [0.15, 0.2) is 0 Å². The molecule has 1 N–H and O–H groups in total. The van der Waals surface area contributed by atoms with Crippen molar-refractivity contribution >= 4 is 23.2 Å². The lowest BCUT2D eigenvalue weighted by Crippen LogP contribution is -2.37. The Balaban J connectivity index is 2.39. The third-order valence-electron chi connectivity index (χ3n) is 4.31. The molecule has 0 unspecified atom stereocenters. The summed E-state index contributed by atoms with van der Waals surface area (Å²) >= 11 is 6.01. The van der Waals surface area contributed by atoms with Crippen molar-refractivity contribution in [3.05, 3.63) is 28.8 Å². The highest BCUT2D eigenvalue weighted by Gasteiger charge is 2.51. The van der Waals surface area contributed by atoms with Crippen LogP contribution in [0.25, 0.3) is 0 Å². The van der Waals surface area contributed by atoms with Crippen LogP contribution in [0.5, 0.6) is 0 Å². The van der Waals surface area contributed by atoms with Crippen LogP contribution < -0.4 is 4.90 Å². The fraction of sp³-hybridized carbons (Fsp3) is 0.467. The monoisotopic (exact) mass is 292 g/mol. The van der Waals surface area contributed by atoms with Gasteiger partial charge in [0, 0.05) is 5.69 Å². The van der Waals surface area contributed by atoms with Crippen LogP contribution in [0.1, 0.15) is 32.3 Å². The number of carbonyl (C=O) groups is 1. The molecule has 20 heavy (non-hydrogen) atoms. The van der Waals surface area contributed by atoms with Crippen LogP contribution in [0, 0.1) is 16.7 Å². The minimum Gasteiger partial charge on any atom is -0.390 e. The normalized spacial score (nSPS) is 21.1. The van der Waals surface area contributed by atoms with Crippen LogP contribution >= 0.6 is 11.6 Å². The Morgan fingerprint density at radius 2 is 2.15 bits per heavy atom. The summed E-state index contributed by atoms with van der Waals surface area (Å²) in [7, 11) is 0. The first-order valence-electron chi connectivity index (χ1n) is 6.69. The molecule has 1 aromatic rings. The van der Waals surface area contributed by atoms with Crippen LogP contribution in [0.3, 0.4) is 0 Å². The number of rotatable bonds is 3. The van der Waals surface area contributed by atoms with E-state index >= 15 is 0 Å². The van der Waals surface area contributed by atoms with Crippen molar-refractivity contribution in [1.82, 2.24) is 0 Å². The van der Waals surface area contributed by atoms with Gasteiger partial charge in [0.2, 0.25) is 5.91 Å². The van der Waals surface area contributed by atoms with Crippen LogP contribution in [-0.2, 0) is 4.79 Å². The summed E-state index contributed by atoms with van der Waals surface area (Å²) in [5, 5.41) is 19.5. The molecule has 1 fully saturated rings. The van der Waals surface area contributed by atoms with E-state index in [2.05, 4.69) is 0 Å².